The Morgan fingerprint density at radius 1 is 0.962 bits per heavy atom. The summed E-state index contributed by atoms with van der Waals surface area (Å²) in [5.74, 6) is 1.46. The number of benzene rings is 2. The minimum atomic E-state index is 0.349. The number of pyridine rings is 1. The molecule has 2 aromatic carbocycles. The third-order valence-electron chi connectivity index (χ3n) is 3.77. The highest BCUT2D eigenvalue weighted by atomic mass is 35.5. The highest BCUT2D eigenvalue weighted by molar-refractivity contribution is 6.30. The van der Waals surface area contributed by atoms with E-state index >= 15 is 0 Å². The van der Waals surface area contributed by atoms with E-state index in [1.54, 1.807) is 30.6 Å². The molecule has 5 nitrogen and oxygen atoms in total. The molecule has 6 heteroatoms. The van der Waals surface area contributed by atoms with Crippen molar-refractivity contribution in [3.8, 4) is 28.6 Å². The molecule has 0 aliphatic rings. The average Bonchev–Trinajstić information content (AvgIpc) is 3.18. The standard InChI is InChI=1S/C20H14ClN3O2/c21-16-6-7-18(25-13-14-4-2-1-3-5-14)17(12-16)20-23-19(24-26-20)15-8-10-22-11-9-15/h1-12H,13H2. The van der Waals surface area contributed by atoms with Crippen molar-refractivity contribution in [3.05, 3.63) is 83.6 Å². The third kappa shape index (κ3) is 3.58. The zero-order valence-corrected chi connectivity index (χ0v) is 14.4. The van der Waals surface area contributed by atoms with E-state index in [0.29, 0.717) is 34.7 Å². The molecule has 0 radical (unpaired) electrons. The molecule has 2 heterocycles. The molecule has 0 N–H and O–H groups in total. The Labute approximate surface area is 155 Å². The van der Waals surface area contributed by atoms with E-state index < -0.39 is 0 Å². The van der Waals surface area contributed by atoms with Crippen molar-refractivity contribution < 1.29 is 9.26 Å². The highest BCUT2D eigenvalue weighted by Gasteiger charge is 2.16. The van der Waals surface area contributed by atoms with Gasteiger partial charge in [-0.05, 0) is 35.9 Å². The Morgan fingerprint density at radius 3 is 2.58 bits per heavy atom. The molecular weight excluding hydrogens is 350 g/mol. The van der Waals surface area contributed by atoms with Crippen LogP contribution in [0, 0.1) is 0 Å². The molecule has 4 rings (SSSR count). The fourth-order valence-corrected chi connectivity index (χ4v) is 2.65. The first-order valence-electron chi connectivity index (χ1n) is 8.00. The quantitative estimate of drug-likeness (QED) is 0.497. The summed E-state index contributed by atoms with van der Waals surface area (Å²) in [5.41, 5.74) is 2.54. The molecule has 0 unspecified atom stereocenters. The van der Waals surface area contributed by atoms with Gasteiger partial charge in [0.25, 0.3) is 5.89 Å². The SMILES string of the molecule is Clc1ccc(OCc2ccccc2)c(-c2nc(-c3ccncc3)no2)c1. The van der Waals surface area contributed by atoms with Crippen LogP contribution in [0.25, 0.3) is 22.8 Å². The van der Waals surface area contributed by atoms with Crippen LogP contribution in [-0.2, 0) is 6.61 Å². The number of halogens is 1. The van der Waals surface area contributed by atoms with E-state index in [-0.39, 0.29) is 0 Å². The maximum atomic E-state index is 6.15. The van der Waals surface area contributed by atoms with Gasteiger partial charge >= 0.3 is 0 Å². The number of nitrogens with zero attached hydrogens (tertiary/aromatic N) is 3. The molecule has 26 heavy (non-hydrogen) atoms. The van der Waals surface area contributed by atoms with Gasteiger partial charge in [-0.2, -0.15) is 4.98 Å². The van der Waals surface area contributed by atoms with E-state index in [1.807, 2.05) is 42.5 Å². The van der Waals surface area contributed by atoms with Crippen LogP contribution in [0.5, 0.6) is 5.75 Å². The van der Waals surface area contributed by atoms with E-state index in [4.69, 9.17) is 20.9 Å². The lowest BCUT2D eigenvalue weighted by Crippen LogP contribution is -1.97. The van der Waals surface area contributed by atoms with Gasteiger partial charge < -0.3 is 9.26 Å². The molecule has 0 atom stereocenters. The fraction of sp³-hybridized carbons (Fsp3) is 0.0500. The van der Waals surface area contributed by atoms with E-state index in [9.17, 15) is 0 Å². The smallest absolute Gasteiger partial charge is 0.262 e. The number of rotatable bonds is 5. The number of ether oxygens (including phenoxy) is 1. The van der Waals surface area contributed by atoms with Gasteiger partial charge in [-0.3, -0.25) is 4.98 Å². The summed E-state index contributed by atoms with van der Waals surface area (Å²) in [7, 11) is 0. The van der Waals surface area contributed by atoms with Crippen LogP contribution in [0.4, 0.5) is 0 Å². The molecule has 128 valence electrons. The van der Waals surface area contributed by atoms with Gasteiger partial charge in [0.1, 0.15) is 12.4 Å². The second-order valence-electron chi connectivity index (χ2n) is 5.57. The third-order valence-corrected chi connectivity index (χ3v) is 4.01. The van der Waals surface area contributed by atoms with Crippen LogP contribution < -0.4 is 4.74 Å². The predicted octanol–water partition coefficient (Wildman–Crippen LogP) is 5.03. The Kier molecular flexibility index (Phi) is 4.62. The van der Waals surface area contributed by atoms with Crippen molar-refractivity contribution in [2.75, 3.05) is 0 Å². The highest BCUT2D eigenvalue weighted by Crippen LogP contribution is 2.33. The first kappa shape index (κ1) is 16.3. The fourth-order valence-electron chi connectivity index (χ4n) is 2.48. The Balaban J connectivity index is 1.64. The summed E-state index contributed by atoms with van der Waals surface area (Å²) in [4.78, 5) is 8.45. The first-order valence-corrected chi connectivity index (χ1v) is 8.38. The van der Waals surface area contributed by atoms with Gasteiger partial charge in [0.15, 0.2) is 0 Å². The van der Waals surface area contributed by atoms with Gasteiger partial charge in [0.2, 0.25) is 5.82 Å². The van der Waals surface area contributed by atoms with Crippen LogP contribution in [-0.4, -0.2) is 15.1 Å². The zero-order chi connectivity index (χ0) is 17.8. The summed E-state index contributed by atoms with van der Waals surface area (Å²) in [6.45, 7) is 0.431. The average molecular weight is 364 g/mol. The van der Waals surface area contributed by atoms with Crippen LogP contribution >= 0.6 is 11.6 Å². The second-order valence-corrected chi connectivity index (χ2v) is 6.01. The van der Waals surface area contributed by atoms with Gasteiger partial charge in [-0.25, -0.2) is 0 Å². The monoisotopic (exact) mass is 363 g/mol. The maximum absolute atomic E-state index is 6.15. The topological polar surface area (TPSA) is 61.0 Å². The Hall–Kier alpha value is -3.18. The van der Waals surface area contributed by atoms with Crippen molar-refractivity contribution >= 4 is 11.6 Å². The lowest BCUT2D eigenvalue weighted by Gasteiger charge is -2.09. The Bertz CT molecular complexity index is 1000. The van der Waals surface area contributed by atoms with Gasteiger partial charge in [0.05, 0.1) is 5.56 Å². The summed E-state index contributed by atoms with van der Waals surface area (Å²) < 4.78 is 11.4. The molecule has 0 saturated heterocycles. The number of aromatic nitrogens is 3. The van der Waals surface area contributed by atoms with Crippen molar-refractivity contribution in [2.24, 2.45) is 0 Å². The first-order chi connectivity index (χ1) is 12.8. The van der Waals surface area contributed by atoms with Crippen molar-refractivity contribution in [1.29, 1.82) is 0 Å². The summed E-state index contributed by atoms with van der Waals surface area (Å²) in [5, 5.41) is 4.60. The lowest BCUT2D eigenvalue weighted by molar-refractivity contribution is 0.306. The molecule has 0 saturated carbocycles. The van der Waals surface area contributed by atoms with Crippen molar-refractivity contribution in [3.63, 3.8) is 0 Å². The molecule has 0 fully saturated rings. The largest absolute Gasteiger partial charge is 0.488 e. The molecule has 0 aliphatic carbocycles. The predicted molar refractivity (Wildman–Crippen MR) is 98.7 cm³/mol. The molecule has 2 aromatic heterocycles. The van der Waals surface area contributed by atoms with Gasteiger partial charge in [-0.1, -0.05) is 47.1 Å². The van der Waals surface area contributed by atoms with Crippen LogP contribution in [0.15, 0.2) is 77.6 Å². The maximum Gasteiger partial charge on any atom is 0.262 e. The minimum absolute atomic E-state index is 0.349. The molecular formula is C20H14ClN3O2. The second kappa shape index (κ2) is 7.37. The summed E-state index contributed by atoms with van der Waals surface area (Å²) >= 11 is 6.15. The lowest BCUT2D eigenvalue weighted by atomic mass is 10.2. The Morgan fingerprint density at radius 2 is 1.77 bits per heavy atom. The van der Waals surface area contributed by atoms with E-state index in [2.05, 4.69) is 15.1 Å². The number of hydrogen-bond donors (Lipinski definition) is 0. The van der Waals surface area contributed by atoms with Crippen LogP contribution in [0.1, 0.15) is 5.56 Å². The summed E-state index contributed by atoms with van der Waals surface area (Å²) in [6.07, 6.45) is 3.36. The van der Waals surface area contributed by atoms with Gasteiger partial charge in [0, 0.05) is 23.0 Å². The van der Waals surface area contributed by atoms with E-state index in [0.717, 1.165) is 11.1 Å². The summed E-state index contributed by atoms with van der Waals surface area (Å²) in [6, 6.07) is 18.9. The van der Waals surface area contributed by atoms with E-state index in [1.165, 1.54) is 0 Å². The minimum Gasteiger partial charge on any atom is -0.488 e. The van der Waals surface area contributed by atoms with Gasteiger partial charge in [-0.15, -0.1) is 0 Å². The van der Waals surface area contributed by atoms with Crippen molar-refractivity contribution in [2.45, 2.75) is 6.61 Å². The zero-order valence-electron chi connectivity index (χ0n) is 13.7. The normalized spacial score (nSPS) is 10.7. The molecule has 0 bridgehead atoms. The molecule has 0 amide bonds. The molecule has 4 aromatic rings. The van der Waals surface area contributed by atoms with Crippen molar-refractivity contribution in [1.82, 2.24) is 15.1 Å². The molecule has 0 aliphatic heterocycles. The van der Waals surface area contributed by atoms with Crippen LogP contribution in [0.2, 0.25) is 5.02 Å². The molecule has 0 spiro atoms. The van der Waals surface area contributed by atoms with Crippen LogP contribution in [0.3, 0.4) is 0 Å². The number of hydrogen-bond acceptors (Lipinski definition) is 5.